The molecule has 0 fully saturated rings. The molecule has 0 amide bonds. The molecule has 3 nitrogen and oxygen atoms in total. The smallest absolute Gasteiger partial charge is 0.0601 e. The fourth-order valence-corrected chi connectivity index (χ4v) is 10.0. The van der Waals surface area contributed by atoms with Crippen LogP contribution < -0.4 is 15.1 Å². The molecule has 0 radical (unpaired) electrons. The Balaban J connectivity index is 1.18. The number of aryl methyl sites for hydroxylation is 1. The summed E-state index contributed by atoms with van der Waals surface area (Å²) in [6.07, 6.45) is 1.97. The number of benzene rings is 6. The number of nitrogens with one attached hydrogen (secondary N) is 1. The van der Waals surface area contributed by atoms with Crippen LogP contribution in [0.1, 0.15) is 16.7 Å². The molecular weight excluding hydrogens is 619 g/mol. The summed E-state index contributed by atoms with van der Waals surface area (Å²) in [6, 6.07) is 42.0. The maximum absolute atomic E-state index is 4.23. The Morgan fingerprint density at radius 3 is 1.83 bits per heavy atom. The first-order valence-electron chi connectivity index (χ1n) is 15.3. The van der Waals surface area contributed by atoms with Crippen molar-refractivity contribution in [2.45, 2.75) is 43.2 Å². The Bertz CT molecular complexity index is 2200. The third-order valence-electron chi connectivity index (χ3n) is 8.80. The molecule has 0 unspecified atom stereocenters. The van der Waals surface area contributed by atoms with Gasteiger partial charge < -0.3 is 15.1 Å². The van der Waals surface area contributed by atoms with E-state index in [1.165, 1.54) is 68.9 Å². The van der Waals surface area contributed by atoms with E-state index in [4.69, 9.17) is 0 Å². The van der Waals surface area contributed by atoms with Gasteiger partial charge in [0, 0.05) is 40.6 Å². The van der Waals surface area contributed by atoms with E-state index in [-0.39, 0.29) is 0 Å². The monoisotopic (exact) mass is 647 g/mol. The lowest BCUT2D eigenvalue weighted by Gasteiger charge is -2.36. The first-order valence-corrected chi connectivity index (χ1v) is 17.7. The van der Waals surface area contributed by atoms with Crippen LogP contribution in [0, 0.1) is 13.8 Å². The minimum atomic E-state index is 1.09. The van der Waals surface area contributed by atoms with Crippen molar-refractivity contribution in [1.82, 2.24) is 0 Å². The van der Waals surface area contributed by atoms with Gasteiger partial charge in [-0.2, -0.15) is 0 Å². The van der Waals surface area contributed by atoms with Gasteiger partial charge >= 0.3 is 0 Å². The van der Waals surface area contributed by atoms with Crippen LogP contribution >= 0.6 is 35.3 Å². The molecule has 0 aromatic heterocycles. The zero-order valence-electron chi connectivity index (χ0n) is 25.4. The van der Waals surface area contributed by atoms with Gasteiger partial charge in [0.25, 0.3) is 0 Å². The third-order valence-corrected chi connectivity index (χ3v) is 12.3. The number of fused-ring (bicyclic) bond motifs is 6. The summed E-state index contributed by atoms with van der Waals surface area (Å²) in [5.74, 6) is 0. The molecule has 6 heteroatoms. The number of hydrogen-bond acceptors (Lipinski definition) is 6. The predicted octanol–water partition coefficient (Wildman–Crippen LogP) is 13.0. The highest BCUT2D eigenvalue weighted by Crippen LogP contribution is 2.57. The summed E-state index contributed by atoms with van der Waals surface area (Å²) in [5, 5.41) is 3.81. The third kappa shape index (κ3) is 4.32. The summed E-state index contributed by atoms with van der Waals surface area (Å²) in [4.78, 5) is 12.3. The van der Waals surface area contributed by atoms with Crippen molar-refractivity contribution in [2.24, 2.45) is 0 Å². The molecule has 6 aromatic carbocycles. The second kappa shape index (κ2) is 10.8. The van der Waals surface area contributed by atoms with E-state index < -0.39 is 0 Å². The number of nitrogens with zero attached hydrogens (tertiary/aromatic N) is 2. The van der Waals surface area contributed by atoms with E-state index in [0.29, 0.717) is 0 Å². The highest BCUT2D eigenvalue weighted by atomic mass is 32.2. The molecule has 0 aliphatic carbocycles. The van der Waals surface area contributed by atoms with Crippen LogP contribution in [-0.4, -0.2) is 0 Å². The molecule has 0 spiro atoms. The van der Waals surface area contributed by atoms with Gasteiger partial charge in [-0.05, 0) is 97.8 Å². The molecule has 0 atom stereocenters. The summed E-state index contributed by atoms with van der Waals surface area (Å²) < 4.78 is 0. The summed E-state index contributed by atoms with van der Waals surface area (Å²) in [7, 11) is 0. The summed E-state index contributed by atoms with van der Waals surface area (Å²) in [6.45, 7) is 8.66. The quantitative estimate of drug-likeness (QED) is 0.204. The van der Waals surface area contributed by atoms with Crippen LogP contribution in [0.5, 0.6) is 0 Å². The Morgan fingerprint density at radius 1 is 0.565 bits per heavy atom. The Labute approximate surface area is 282 Å². The molecule has 3 heterocycles. The lowest BCUT2D eigenvalue weighted by molar-refractivity contribution is 1.12. The van der Waals surface area contributed by atoms with Crippen molar-refractivity contribution >= 4 is 86.9 Å². The van der Waals surface area contributed by atoms with E-state index in [2.05, 4.69) is 151 Å². The average Bonchev–Trinajstić information content (AvgIpc) is 3.09. The zero-order chi connectivity index (χ0) is 30.9. The van der Waals surface area contributed by atoms with E-state index in [1.54, 1.807) is 0 Å². The number of hydrogen-bond donors (Lipinski definition) is 1. The molecule has 3 aliphatic heterocycles. The number of para-hydroxylation sites is 3. The highest BCUT2D eigenvalue weighted by molar-refractivity contribution is 8.00. The topological polar surface area (TPSA) is 18.5 Å². The average molecular weight is 648 g/mol. The zero-order valence-corrected chi connectivity index (χ0v) is 27.8. The van der Waals surface area contributed by atoms with Crippen molar-refractivity contribution in [3.05, 3.63) is 139 Å². The minimum absolute atomic E-state index is 1.09. The maximum Gasteiger partial charge on any atom is 0.0601 e. The molecule has 1 N–H and O–H groups in total. The van der Waals surface area contributed by atoms with Crippen LogP contribution in [0.3, 0.4) is 0 Å². The SMILES string of the molecule is C=Cc1cc(N2c3ccccc3Sc3ccccc32)cc2c1Nc1ccc(N3c4ccccc4Sc4cc(C)ccc43)c(C)c1S2. The molecule has 0 saturated carbocycles. The van der Waals surface area contributed by atoms with Crippen LogP contribution in [0.2, 0.25) is 0 Å². The molecule has 0 saturated heterocycles. The Kier molecular flexibility index (Phi) is 6.53. The molecule has 46 heavy (non-hydrogen) atoms. The van der Waals surface area contributed by atoms with Crippen LogP contribution in [0.15, 0.2) is 151 Å². The maximum atomic E-state index is 4.23. The van der Waals surface area contributed by atoms with E-state index in [0.717, 1.165) is 22.6 Å². The van der Waals surface area contributed by atoms with Crippen molar-refractivity contribution in [3.63, 3.8) is 0 Å². The van der Waals surface area contributed by atoms with E-state index in [1.807, 2.05) is 41.4 Å². The van der Waals surface area contributed by atoms with Crippen molar-refractivity contribution < 1.29 is 0 Å². The first-order chi connectivity index (χ1) is 22.6. The van der Waals surface area contributed by atoms with Gasteiger partial charge in [-0.1, -0.05) is 90.4 Å². The van der Waals surface area contributed by atoms with Crippen molar-refractivity contribution in [2.75, 3.05) is 15.1 Å². The standard InChI is InChI=1S/C40H29N3S3/c1-4-26-22-27(42-30-11-5-8-14-34(30)44-35-15-9-6-12-31(35)42)23-38-39(26)41-28-18-20-29(25(3)40(28)46-38)43-32-13-7-10-16-36(32)45-37-21-24(2)17-19-33(37)43/h4-23,41H,1H2,2-3H3. The molecular formula is C40H29N3S3. The molecule has 6 aromatic rings. The summed E-state index contributed by atoms with van der Waals surface area (Å²) >= 11 is 5.54. The predicted molar refractivity (Wildman–Crippen MR) is 197 cm³/mol. The minimum Gasteiger partial charge on any atom is -0.353 e. The molecule has 9 rings (SSSR count). The molecule has 0 bridgehead atoms. The first kappa shape index (κ1) is 27.8. The van der Waals surface area contributed by atoms with Crippen LogP contribution in [-0.2, 0) is 0 Å². The second-order valence-electron chi connectivity index (χ2n) is 11.7. The van der Waals surface area contributed by atoms with Crippen molar-refractivity contribution in [1.29, 1.82) is 0 Å². The number of rotatable bonds is 3. The normalized spacial score (nSPS) is 13.8. The van der Waals surface area contributed by atoms with E-state index in [9.17, 15) is 0 Å². The lowest BCUT2D eigenvalue weighted by atomic mass is 10.1. The lowest BCUT2D eigenvalue weighted by Crippen LogP contribution is -2.17. The molecule has 3 aliphatic rings. The van der Waals surface area contributed by atoms with E-state index >= 15 is 0 Å². The van der Waals surface area contributed by atoms with Gasteiger partial charge in [0.1, 0.15) is 0 Å². The largest absolute Gasteiger partial charge is 0.353 e. The van der Waals surface area contributed by atoms with Gasteiger partial charge in [0.15, 0.2) is 0 Å². The summed E-state index contributed by atoms with van der Waals surface area (Å²) in [5.41, 5.74) is 13.0. The molecule has 222 valence electrons. The fourth-order valence-electron chi connectivity index (χ4n) is 6.63. The van der Waals surface area contributed by atoms with Gasteiger partial charge in [0.05, 0.1) is 39.8 Å². The fraction of sp³-hybridized carbons (Fsp3) is 0.0500. The van der Waals surface area contributed by atoms with Gasteiger partial charge in [0.2, 0.25) is 0 Å². The number of anilines is 8. The van der Waals surface area contributed by atoms with Gasteiger partial charge in [-0.15, -0.1) is 0 Å². The van der Waals surface area contributed by atoms with Gasteiger partial charge in [-0.25, -0.2) is 0 Å². The van der Waals surface area contributed by atoms with Crippen molar-refractivity contribution in [3.8, 4) is 0 Å². The Hall–Kier alpha value is -4.49. The van der Waals surface area contributed by atoms with Crippen LogP contribution in [0.25, 0.3) is 6.08 Å². The Morgan fingerprint density at radius 2 is 1.15 bits per heavy atom. The van der Waals surface area contributed by atoms with Gasteiger partial charge in [-0.3, -0.25) is 0 Å². The second-order valence-corrected chi connectivity index (χ2v) is 14.9. The highest BCUT2D eigenvalue weighted by Gasteiger charge is 2.30. The van der Waals surface area contributed by atoms with Crippen LogP contribution in [0.4, 0.5) is 45.5 Å².